The van der Waals surface area contributed by atoms with Crippen LogP contribution in [0.3, 0.4) is 0 Å². The molecule has 4 nitrogen and oxygen atoms in total. The molecule has 0 bridgehead atoms. The maximum atomic E-state index is 11.8. The van der Waals surface area contributed by atoms with Crippen molar-refractivity contribution in [2.24, 2.45) is 0 Å². The Morgan fingerprint density at radius 2 is 1.68 bits per heavy atom. The molecule has 1 amide bonds. The Hall–Kier alpha value is -2.33. The highest BCUT2D eigenvalue weighted by Gasteiger charge is 2.04. The fourth-order valence-electron chi connectivity index (χ4n) is 1.80. The average molecular weight is 318 g/mol. The first-order valence-corrected chi connectivity index (χ1v) is 7.21. The Kier molecular flexibility index (Phi) is 5.55. The summed E-state index contributed by atoms with van der Waals surface area (Å²) in [4.78, 5) is 23.0. The van der Waals surface area contributed by atoms with Gasteiger partial charge in [-0.3, -0.25) is 9.59 Å². The Balaban J connectivity index is 1.77. The standard InChI is InChI=1S/C17H16ClNO3/c1-12(20)13-2-6-15(7-3-13)19-17(21)10-11-22-16-8-4-14(18)5-9-16/h2-9H,10-11H2,1H3,(H,19,21). The zero-order chi connectivity index (χ0) is 15.9. The van der Waals surface area contributed by atoms with Crippen LogP contribution in [0.1, 0.15) is 23.7 Å². The van der Waals surface area contributed by atoms with Gasteiger partial charge >= 0.3 is 0 Å². The van der Waals surface area contributed by atoms with Crippen LogP contribution in [0.2, 0.25) is 5.02 Å². The largest absolute Gasteiger partial charge is 0.493 e. The predicted molar refractivity (Wildman–Crippen MR) is 86.6 cm³/mol. The molecule has 114 valence electrons. The molecule has 0 fully saturated rings. The number of anilines is 1. The van der Waals surface area contributed by atoms with E-state index in [9.17, 15) is 9.59 Å². The molecule has 0 aliphatic heterocycles. The van der Waals surface area contributed by atoms with E-state index in [4.69, 9.17) is 16.3 Å². The molecule has 2 aromatic rings. The molecule has 0 radical (unpaired) electrons. The summed E-state index contributed by atoms with van der Waals surface area (Å²) in [5, 5.41) is 3.39. The van der Waals surface area contributed by atoms with Gasteiger partial charge in [0.25, 0.3) is 0 Å². The second-order valence-corrected chi connectivity index (χ2v) is 5.17. The van der Waals surface area contributed by atoms with Crippen molar-refractivity contribution < 1.29 is 14.3 Å². The minimum Gasteiger partial charge on any atom is -0.493 e. The summed E-state index contributed by atoms with van der Waals surface area (Å²) in [6, 6.07) is 13.7. The van der Waals surface area contributed by atoms with E-state index in [0.717, 1.165) is 0 Å². The van der Waals surface area contributed by atoms with Crippen LogP contribution in [-0.2, 0) is 4.79 Å². The minimum atomic E-state index is -0.149. The van der Waals surface area contributed by atoms with Crippen molar-refractivity contribution in [1.29, 1.82) is 0 Å². The van der Waals surface area contributed by atoms with E-state index in [0.29, 0.717) is 22.0 Å². The van der Waals surface area contributed by atoms with Gasteiger partial charge in [-0.1, -0.05) is 11.6 Å². The molecule has 0 saturated heterocycles. The van der Waals surface area contributed by atoms with Gasteiger partial charge in [-0.2, -0.15) is 0 Å². The molecule has 0 atom stereocenters. The first kappa shape index (κ1) is 16.0. The number of halogens is 1. The van der Waals surface area contributed by atoms with E-state index in [1.165, 1.54) is 6.92 Å². The molecule has 1 N–H and O–H groups in total. The second kappa shape index (κ2) is 7.61. The molecule has 0 aromatic heterocycles. The van der Waals surface area contributed by atoms with E-state index >= 15 is 0 Å². The van der Waals surface area contributed by atoms with Crippen molar-refractivity contribution in [3.63, 3.8) is 0 Å². The maximum Gasteiger partial charge on any atom is 0.227 e. The Morgan fingerprint density at radius 1 is 1.05 bits per heavy atom. The van der Waals surface area contributed by atoms with Crippen molar-refractivity contribution in [3.8, 4) is 5.75 Å². The Labute approximate surface area is 134 Å². The number of nitrogens with one attached hydrogen (secondary N) is 1. The van der Waals surface area contributed by atoms with Gasteiger partial charge in [-0.25, -0.2) is 0 Å². The van der Waals surface area contributed by atoms with E-state index < -0.39 is 0 Å². The Morgan fingerprint density at radius 3 is 2.27 bits per heavy atom. The summed E-state index contributed by atoms with van der Waals surface area (Å²) in [5.41, 5.74) is 1.27. The third-order valence-corrected chi connectivity index (χ3v) is 3.24. The maximum absolute atomic E-state index is 11.8. The van der Waals surface area contributed by atoms with E-state index in [-0.39, 0.29) is 24.7 Å². The molecule has 0 spiro atoms. The van der Waals surface area contributed by atoms with Gasteiger partial charge in [0.1, 0.15) is 5.75 Å². The Bertz CT molecular complexity index is 651. The van der Waals surface area contributed by atoms with Crippen LogP contribution in [-0.4, -0.2) is 18.3 Å². The number of rotatable bonds is 6. The number of carbonyl (C=O) groups excluding carboxylic acids is 2. The van der Waals surface area contributed by atoms with Gasteiger partial charge in [0, 0.05) is 16.3 Å². The van der Waals surface area contributed by atoms with Gasteiger partial charge in [0.15, 0.2) is 5.78 Å². The monoisotopic (exact) mass is 317 g/mol. The van der Waals surface area contributed by atoms with Gasteiger partial charge < -0.3 is 10.1 Å². The summed E-state index contributed by atoms with van der Waals surface area (Å²) in [6.45, 7) is 1.78. The molecule has 0 aliphatic carbocycles. The van der Waals surface area contributed by atoms with E-state index in [2.05, 4.69) is 5.32 Å². The van der Waals surface area contributed by atoms with Gasteiger partial charge in [-0.05, 0) is 55.5 Å². The fourth-order valence-corrected chi connectivity index (χ4v) is 1.93. The number of hydrogen-bond donors (Lipinski definition) is 1. The lowest BCUT2D eigenvalue weighted by Gasteiger charge is -2.07. The van der Waals surface area contributed by atoms with Crippen LogP contribution in [0.5, 0.6) is 5.75 Å². The molecule has 2 rings (SSSR count). The number of ketones is 1. The number of amides is 1. The van der Waals surface area contributed by atoms with E-state index in [1.54, 1.807) is 48.5 Å². The molecule has 22 heavy (non-hydrogen) atoms. The van der Waals surface area contributed by atoms with Crippen LogP contribution in [0, 0.1) is 0 Å². The highest BCUT2D eigenvalue weighted by atomic mass is 35.5. The topological polar surface area (TPSA) is 55.4 Å². The van der Waals surface area contributed by atoms with Crippen molar-refractivity contribution >= 4 is 29.0 Å². The lowest BCUT2D eigenvalue weighted by molar-refractivity contribution is -0.116. The lowest BCUT2D eigenvalue weighted by atomic mass is 10.1. The summed E-state index contributed by atoms with van der Waals surface area (Å²) in [5.74, 6) is 0.516. The van der Waals surface area contributed by atoms with Crippen LogP contribution >= 0.6 is 11.6 Å². The molecular formula is C17H16ClNO3. The third kappa shape index (κ3) is 4.90. The SMILES string of the molecule is CC(=O)c1ccc(NC(=O)CCOc2ccc(Cl)cc2)cc1. The summed E-state index contributed by atoms with van der Waals surface area (Å²) >= 11 is 5.78. The number of carbonyl (C=O) groups is 2. The quantitative estimate of drug-likeness (QED) is 0.821. The molecular weight excluding hydrogens is 302 g/mol. The molecule has 0 heterocycles. The number of hydrogen-bond acceptors (Lipinski definition) is 3. The van der Waals surface area contributed by atoms with Crippen LogP contribution in [0.15, 0.2) is 48.5 Å². The summed E-state index contributed by atoms with van der Waals surface area (Å²) < 4.78 is 5.46. The van der Waals surface area contributed by atoms with E-state index in [1.807, 2.05) is 0 Å². The first-order chi connectivity index (χ1) is 10.5. The number of ether oxygens (including phenoxy) is 1. The number of Topliss-reactive ketones (excluding diaryl/α,β-unsaturated/α-hetero) is 1. The zero-order valence-electron chi connectivity index (χ0n) is 12.1. The van der Waals surface area contributed by atoms with Crippen LogP contribution in [0.25, 0.3) is 0 Å². The first-order valence-electron chi connectivity index (χ1n) is 6.84. The third-order valence-electron chi connectivity index (χ3n) is 2.99. The van der Waals surface area contributed by atoms with Crippen molar-refractivity contribution in [1.82, 2.24) is 0 Å². The zero-order valence-corrected chi connectivity index (χ0v) is 12.9. The highest BCUT2D eigenvalue weighted by molar-refractivity contribution is 6.30. The van der Waals surface area contributed by atoms with Crippen molar-refractivity contribution in [2.45, 2.75) is 13.3 Å². The molecule has 5 heteroatoms. The van der Waals surface area contributed by atoms with Crippen molar-refractivity contribution in [3.05, 3.63) is 59.1 Å². The van der Waals surface area contributed by atoms with Gasteiger partial charge in [0.2, 0.25) is 5.91 Å². The summed E-state index contributed by atoms with van der Waals surface area (Å²) in [7, 11) is 0. The minimum absolute atomic E-state index is 0.00533. The second-order valence-electron chi connectivity index (χ2n) is 4.73. The highest BCUT2D eigenvalue weighted by Crippen LogP contribution is 2.16. The van der Waals surface area contributed by atoms with Crippen LogP contribution < -0.4 is 10.1 Å². The molecule has 0 aliphatic rings. The lowest BCUT2D eigenvalue weighted by Crippen LogP contribution is -2.15. The molecule has 0 saturated carbocycles. The van der Waals surface area contributed by atoms with Crippen molar-refractivity contribution in [2.75, 3.05) is 11.9 Å². The smallest absolute Gasteiger partial charge is 0.227 e. The molecule has 0 unspecified atom stereocenters. The van der Waals surface area contributed by atoms with Gasteiger partial charge in [-0.15, -0.1) is 0 Å². The average Bonchev–Trinajstić information content (AvgIpc) is 2.50. The number of benzene rings is 2. The predicted octanol–water partition coefficient (Wildman–Crippen LogP) is 3.95. The molecule has 2 aromatic carbocycles. The normalized spacial score (nSPS) is 10.1. The van der Waals surface area contributed by atoms with Gasteiger partial charge in [0.05, 0.1) is 13.0 Å². The fraction of sp³-hybridized carbons (Fsp3) is 0.176. The summed E-state index contributed by atoms with van der Waals surface area (Å²) in [6.07, 6.45) is 0.233. The van der Waals surface area contributed by atoms with Crippen LogP contribution in [0.4, 0.5) is 5.69 Å².